The van der Waals surface area contributed by atoms with Gasteiger partial charge in [-0.25, -0.2) is 9.59 Å². The van der Waals surface area contributed by atoms with Crippen molar-refractivity contribution in [3.05, 3.63) is 59.7 Å². The van der Waals surface area contributed by atoms with E-state index in [1.54, 1.807) is 24.3 Å². The third-order valence-electron chi connectivity index (χ3n) is 3.55. The molecule has 0 unspecified atom stereocenters. The van der Waals surface area contributed by atoms with Crippen LogP contribution in [0.5, 0.6) is 5.75 Å². The first-order valence-corrected chi connectivity index (χ1v) is 8.07. The third kappa shape index (κ3) is 5.84. The molecule has 6 nitrogen and oxygen atoms in total. The summed E-state index contributed by atoms with van der Waals surface area (Å²) in [5, 5.41) is 5.39. The van der Waals surface area contributed by atoms with E-state index in [9.17, 15) is 9.59 Å². The van der Waals surface area contributed by atoms with E-state index in [0.29, 0.717) is 24.4 Å². The van der Waals surface area contributed by atoms with Crippen LogP contribution in [0.4, 0.5) is 10.5 Å². The Morgan fingerprint density at radius 2 is 1.68 bits per heavy atom. The fourth-order valence-corrected chi connectivity index (χ4v) is 2.14. The lowest BCUT2D eigenvalue weighted by atomic mass is 10.2. The molecule has 25 heavy (non-hydrogen) atoms. The molecule has 0 radical (unpaired) electrons. The maximum atomic E-state index is 11.8. The maximum Gasteiger partial charge on any atom is 0.337 e. The summed E-state index contributed by atoms with van der Waals surface area (Å²) < 4.78 is 10.2. The summed E-state index contributed by atoms with van der Waals surface area (Å²) in [6.45, 7) is 2.85. The van der Waals surface area contributed by atoms with E-state index in [-0.39, 0.29) is 6.03 Å². The zero-order valence-corrected chi connectivity index (χ0v) is 14.4. The van der Waals surface area contributed by atoms with E-state index >= 15 is 0 Å². The highest BCUT2D eigenvalue weighted by molar-refractivity contribution is 5.92. The molecule has 2 rings (SSSR count). The quantitative estimate of drug-likeness (QED) is 0.598. The lowest BCUT2D eigenvalue weighted by Gasteiger charge is -2.10. The van der Waals surface area contributed by atoms with Crippen molar-refractivity contribution >= 4 is 17.7 Å². The van der Waals surface area contributed by atoms with E-state index in [1.165, 1.54) is 12.7 Å². The molecule has 0 aliphatic heterocycles. The summed E-state index contributed by atoms with van der Waals surface area (Å²) in [7, 11) is 1.32. The number of urea groups is 1. The van der Waals surface area contributed by atoms with Crippen LogP contribution < -0.4 is 15.4 Å². The molecule has 0 saturated heterocycles. The van der Waals surface area contributed by atoms with Crippen LogP contribution in [0, 0.1) is 0 Å². The molecule has 0 spiro atoms. The molecule has 0 aliphatic carbocycles. The van der Waals surface area contributed by atoms with E-state index in [0.717, 1.165) is 12.2 Å². The fraction of sp³-hybridized carbons (Fsp3) is 0.263. The van der Waals surface area contributed by atoms with Crippen LogP contribution in [0.2, 0.25) is 0 Å². The van der Waals surface area contributed by atoms with Crippen molar-refractivity contribution in [1.29, 1.82) is 0 Å². The Hall–Kier alpha value is -3.02. The summed E-state index contributed by atoms with van der Waals surface area (Å²) in [5.41, 5.74) is 2.26. The third-order valence-corrected chi connectivity index (χ3v) is 3.55. The van der Waals surface area contributed by atoms with Crippen molar-refractivity contribution in [2.24, 2.45) is 0 Å². The van der Waals surface area contributed by atoms with Crippen molar-refractivity contribution in [2.75, 3.05) is 25.6 Å². The molecule has 0 fully saturated rings. The molecule has 0 bridgehead atoms. The molecule has 6 heteroatoms. The minimum Gasteiger partial charge on any atom is -0.492 e. The van der Waals surface area contributed by atoms with Gasteiger partial charge in [0.1, 0.15) is 12.4 Å². The number of hydrogen-bond acceptors (Lipinski definition) is 4. The van der Waals surface area contributed by atoms with Gasteiger partial charge in [0.25, 0.3) is 0 Å². The number of benzene rings is 2. The molecular weight excluding hydrogens is 320 g/mol. The van der Waals surface area contributed by atoms with Gasteiger partial charge in [-0.1, -0.05) is 19.1 Å². The monoisotopic (exact) mass is 342 g/mol. The Morgan fingerprint density at radius 1 is 1.00 bits per heavy atom. The summed E-state index contributed by atoms with van der Waals surface area (Å²) in [6.07, 6.45) is 0.989. The molecule has 0 heterocycles. The normalized spacial score (nSPS) is 10.0. The minimum atomic E-state index is -0.417. The SMILES string of the molecule is CCc1ccc(OCCNC(=O)Nc2ccc(C(=O)OC)cc2)cc1. The zero-order chi connectivity index (χ0) is 18.1. The fourth-order valence-electron chi connectivity index (χ4n) is 2.14. The number of amides is 2. The Morgan fingerprint density at radius 3 is 2.28 bits per heavy atom. The molecule has 0 saturated carbocycles. The van der Waals surface area contributed by atoms with Gasteiger partial charge in [0.05, 0.1) is 19.2 Å². The average molecular weight is 342 g/mol. The van der Waals surface area contributed by atoms with E-state index < -0.39 is 5.97 Å². The van der Waals surface area contributed by atoms with Crippen molar-refractivity contribution in [2.45, 2.75) is 13.3 Å². The first-order chi connectivity index (χ1) is 12.1. The molecular formula is C19H22N2O4. The number of methoxy groups -OCH3 is 1. The first-order valence-electron chi connectivity index (χ1n) is 8.07. The van der Waals surface area contributed by atoms with Gasteiger partial charge in [0.2, 0.25) is 0 Å². The second-order valence-corrected chi connectivity index (χ2v) is 5.30. The van der Waals surface area contributed by atoms with Gasteiger partial charge in [0, 0.05) is 5.69 Å². The highest BCUT2D eigenvalue weighted by Crippen LogP contribution is 2.12. The first kappa shape index (κ1) is 18.3. The number of ether oxygens (including phenoxy) is 2. The average Bonchev–Trinajstić information content (AvgIpc) is 2.65. The van der Waals surface area contributed by atoms with Crippen LogP contribution in [0.1, 0.15) is 22.8 Å². The minimum absolute atomic E-state index is 0.337. The van der Waals surface area contributed by atoms with Crippen LogP contribution in [-0.2, 0) is 11.2 Å². The number of aryl methyl sites for hydroxylation is 1. The van der Waals surface area contributed by atoms with Gasteiger partial charge in [0.15, 0.2) is 0 Å². The second-order valence-electron chi connectivity index (χ2n) is 5.30. The highest BCUT2D eigenvalue weighted by atomic mass is 16.5. The van der Waals surface area contributed by atoms with Crippen LogP contribution >= 0.6 is 0 Å². The number of nitrogens with one attached hydrogen (secondary N) is 2. The number of anilines is 1. The molecule has 2 aromatic rings. The Bertz CT molecular complexity index is 696. The van der Waals surface area contributed by atoms with Gasteiger partial charge in [-0.3, -0.25) is 0 Å². The summed E-state index contributed by atoms with van der Waals surface area (Å²) >= 11 is 0. The number of rotatable bonds is 7. The lowest BCUT2D eigenvalue weighted by molar-refractivity contribution is 0.0600. The standard InChI is InChI=1S/C19H22N2O4/c1-3-14-4-10-17(11-5-14)25-13-12-20-19(23)21-16-8-6-15(7-9-16)18(22)24-2/h4-11H,3,12-13H2,1-2H3,(H2,20,21,23). The van der Waals surface area contributed by atoms with Gasteiger partial charge in [-0.2, -0.15) is 0 Å². The number of carbonyl (C=O) groups is 2. The predicted molar refractivity (Wildman–Crippen MR) is 96.1 cm³/mol. The van der Waals surface area contributed by atoms with E-state index in [2.05, 4.69) is 22.3 Å². The molecule has 2 aromatic carbocycles. The number of esters is 1. The van der Waals surface area contributed by atoms with Crippen molar-refractivity contribution in [3.63, 3.8) is 0 Å². The van der Waals surface area contributed by atoms with E-state index in [1.807, 2.05) is 24.3 Å². The molecule has 2 amide bonds. The summed E-state index contributed by atoms with van der Waals surface area (Å²) in [4.78, 5) is 23.2. The molecule has 2 N–H and O–H groups in total. The summed E-state index contributed by atoms with van der Waals surface area (Å²) in [6, 6.07) is 14.0. The lowest BCUT2D eigenvalue weighted by Crippen LogP contribution is -2.32. The van der Waals surface area contributed by atoms with Crippen molar-refractivity contribution < 1.29 is 19.1 Å². The van der Waals surface area contributed by atoms with Gasteiger partial charge in [-0.15, -0.1) is 0 Å². The zero-order valence-electron chi connectivity index (χ0n) is 14.4. The molecule has 0 aliphatic rings. The largest absolute Gasteiger partial charge is 0.492 e. The Balaban J connectivity index is 1.70. The van der Waals surface area contributed by atoms with Crippen molar-refractivity contribution in [1.82, 2.24) is 5.32 Å². The number of hydrogen-bond donors (Lipinski definition) is 2. The van der Waals surface area contributed by atoms with Crippen LogP contribution in [0.3, 0.4) is 0 Å². The molecule has 0 aromatic heterocycles. The molecule has 0 atom stereocenters. The van der Waals surface area contributed by atoms with Crippen LogP contribution in [0.25, 0.3) is 0 Å². The Labute approximate surface area is 147 Å². The van der Waals surface area contributed by atoms with Gasteiger partial charge >= 0.3 is 12.0 Å². The smallest absolute Gasteiger partial charge is 0.337 e. The number of carbonyl (C=O) groups excluding carboxylic acids is 2. The van der Waals surface area contributed by atoms with Gasteiger partial charge < -0.3 is 20.1 Å². The van der Waals surface area contributed by atoms with Gasteiger partial charge in [-0.05, 0) is 48.4 Å². The predicted octanol–water partition coefficient (Wildman–Crippen LogP) is 3.24. The molecule has 132 valence electrons. The summed E-state index contributed by atoms with van der Waals surface area (Å²) in [5.74, 6) is 0.359. The van der Waals surface area contributed by atoms with E-state index in [4.69, 9.17) is 4.74 Å². The van der Waals surface area contributed by atoms with Crippen LogP contribution in [0.15, 0.2) is 48.5 Å². The maximum absolute atomic E-state index is 11.8. The van der Waals surface area contributed by atoms with Crippen LogP contribution in [-0.4, -0.2) is 32.3 Å². The highest BCUT2D eigenvalue weighted by Gasteiger charge is 2.06. The second kappa shape index (κ2) is 9.32. The van der Waals surface area contributed by atoms with Crippen molar-refractivity contribution in [3.8, 4) is 5.75 Å². The Kier molecular flexibility index (Phi) is 6.83. The topological polar surface area (TPSA) is 76.7 Å².